The molecule has 0 aliphatic heterocycles. The summed E-state index contributed by atoms with van der Waals surface area (Å²) in [5.74, 6) is -1.06. The molecule has 2 N–H and O–H groups in total. The zero-order chi connectivity index (χ0) is 14.4. The molecule has 104 valence electrons. The van der Waals surface area contributed by atoms with Crippen molar-refractivity contribution in [2.45, 2.75) is 13.0 Å². The molecule has 0 fully saturated rings. The van der Waals surface area contributed by atoms with Crippen LogP contribution in [0, 0.1) is 5.82 Å². The molecule has 4 nitrogen and oxygen atoms in total. The van der Waals surface area contributed by atoms with Gasteiger partial charge in [0.05, 0.1) is 11.8 Å². The third-order valence-electron chi connectivity index (χ3n) is 2.78. The van der Waals surface area contributed by atoms with Crippen molar-refractivity contribution in [1.82, 2.24) is 10.3 Å². The molecular weight excluding hydrogens is 257 g/mol. The van der Waals surface area contributed by atoms with Gasteiger partial charge >= 0.3 is 0 Å². The smallest absolute Gasteiger partial charge is 0.254 e. The summed E-state index contributed by atoms with van der Waals surface area (Å²) in [7, 11) is 0. The van der Waals surface area contributed by atoms with E-state index in [1.54, 1.807) is 0 Å². The Morgan fingerprint density at radius 1 is 1.30 bits per heavy atom. The normalized spacial score (nSPS) is 11.7. The largest absolute Gasteiger partial charge is 0.383 e. The number of rotatable bonds is 5. The number of nitrogens with zero attached hydrogens (tertiary/aromatic N) is 1. The van der Waals surface area contributed by atoms with Gasteiger partial charge in [0.25, 0.3) is 5.91 Å². The van der Waals surface area contributed by atoms with Crippen LogP contribution in [0.4, 0.5) is 10.1 Å². The summed E-state index contributed by atoms with van der Waals surface area (Å²) in [6.07, 6.45) is 2.42. The number of aromatic nitrogens is 1. The summed E-state index contributed by atoms with van der Waals surface area (Å²) in [5, 5.41) is 5.93. The van der Waals surface area contributed by atoms with Crippen LogP contribution in [0.3, 0.4) is 0 Å². The topological polar surface area (TPSA) is 54.0 Å². The summed E-state index contributed by atoms with van der Waals surface area (Å²) < 4.78 is 13.4. The molecule has 0 spiro atoms. The van der Waals surface area contributed by atoms with Gasteiger partial charge in [0.15, 0.2) is 5.82 Å². The van der Waals surface area contributed by atoms with Gasteiger partial charge in [0, 0.05) is 24.5 Å². The van der Waals surface area contributed by atoms with Crippen molar-refractivity contribution in [3.8, 4) is 0 Å². The molecule has 1 aromatic heterocycles. The first-order chi connectivity index (χ1) is 9.66. The van der Waals surface area contributed by atoms with E-state index in [4.69, 9.17) is 0 Å². The van der Waals surface area contributed by atoms with Crippen molar-refractivity contribution < 1.29 is 9.18 Å². The van der Waals surface area contributed by atoms with Crippen molar-refractivity contribution in [2.24, 2.45) is 0 Å². The summed E-state index contributed by atoms with van der Waals surface area (Å²) in [5.41, 5.74) is 0.982. The lowest BCUT2D eigenvalue weighted by Crippen LogP contribution is -2.37. The number of amides is 1. The number of hydrogen-bond donors (Lipinski definition) is 2. The zero-order valence-electron chi connectivity index (χ0n) is 11.1. The Bertz CT molecular complexity index is 574. The highest BCUT2D eigenvalue weighted by Crippen LogP contribution is 2.06. The first-order valence-electron chi connectivity index (χ1n) is 6.36. The highest BCUT2D eigenvalue weighted by atomic mass is 19.1. The Morgan fingerprint density at radius 3 is 2.75 bits per heavy atom. The maximum absolute atomic E-state index is 13.4. The maximum atomic E-state index is 13.4. The molecule has 0 aliphatic rings. The van der Waals surface area contributed by atoms with E-state index < -0.39 is 11.7 Å². The Kier molecular flexibility index (Phi) is 4.65. The Labute approximate surface area is 117 Å². The van der Waals surface area contributed by atoms with Gasteiger partial charge in [-0.05, 0) is 25.1 Å². The lowest BCUT2D eigenvalue weighted by Gasteiger charge is -2.15. The summed E-state index contributed by atoms with van der Waals surface area (Å²) in [4.78, 5) is 15.5. The van der Waals surface area contributed by atoms with Gasteiger partial charge in [0.2, 0.25) is 0 Å². The average Bonchev–Trinajstić information content (AvgIpc) is 2.46. The third kappa shape index (κ3) is 3.78. The van der Waals surface area contributed by atoms with Crippen molar-refractivity contribution >= 4 is 11.6 Å². The number of halogens is 1. The molecule has 1 amide bonds. The highest BCUT2D eigenvalue weighted by molar-refractivity contribution is 5.94. The van der Waals surface area contributed by atoms with Crippen LogP contribution in [-0.2, 0) is 0 Å². The van der Waals surface area contributed by atoms with Gasteiger partial charge in [-0.1, -0.05) is 18.2 Å². The number of carbonyl (C=O) groups is 1. The van der Waals surface area contributed by atoms with Crippen LogP contribution in [0.2, 0.25) is 0 Å². The molecule has 0 radical (unpaired) electrons. The number of hydrogen-bond acceptors (Lipinski definition) is 3. The van der Waals surface area contributed by atoms with Crippen LogP contribution in [0.1, 0.15) is 17.3 Å². The van der Waals surface area contributed by atoms with E-state index >= 15 is 0 Å². The van der Waals surface area contributed by atoms with Crippen LogP contribution in [0.5, 0.6) is 0 Å². The Morgan fingerprint density at radius 2 is 2.05 bits per heavy atom. The van der Waals surface area contributed by atoms with Gasteiger partial charge in [-0.25, -0.2) is 4.39 Å². The monoisotopic (exact) mass is 273 g/mol. The number of carbonyl (C=O) groups excluding carboxylic acids is 1. The second-order valence-electron chi connectivity index (χ2n) is 4.48. The van der Waals surface area contributed by atoms with Gasteiger partial charge in [-0.3, -0.25) is 9.78 Å². The minimum atomic E-state index is -0.617. The van der Waals surface area contributed by atoms with Gasteiger partial charge < -0.3 is 10.6 Å². The predicted octanol–water partition coefficient (Wildman–Crippen LogP) is 2.45. The number of anilines is 1. The van der Waals surface area contributed by atoms with Crippen molar-refractivity contribution in [1.29, 1.82) is 0 Å². The van der Waals surface area contributed by atoms with E-state index in [1.807, 2.05) is 37.3 Å². The molecule has 5 heteroatoms. The summed E-state index contributed by atoms with van der Waals surface area (Å²) >= 11 is 0. The second kappa shape index (κ2) is 6.65. The molecule has 0 bridgehead atoms. The van der Waals surface area contributed by atoms with E-state index in [0.29, 0.717) is 6.54 Å². The highest BCUT2D eigenvalue weighted by Gasteiger charge is 2.13. The molecule has 20 heavy (non-hydrogen) atoms. The van der Waals surface area contributed by atoms with Crippen LogP contribution < -0.4 is 10.6 Å². The average molecular weight is 273 g/mol. The number of para-hydroxylation sites is 1. The van der Waals surface area contributed by atoms with Crippen molar-refractivity contribution in [2.75, 3.05) is 11.9 Å². The van der Waals surface area contributed by atoms with Crippen LogP contribution in [-0.4, -0.2) is 23.5 Å². The second-order valence-corrected chi connectivity index (χ2v) is 4.48. The minimum Gasteiger partial charge on any atom is -0.383 e. The summed E-state index contributed by atoms with van der Waals surface area (Å²) in [6, 6.07) is 10.9. The van der Waals surface area contributed by atoms with E-state index in [9.17, 15) is 9.18 Å². The summed E-state index contributed by atoms with van der Waals surface area (Å²) in [6.45, 7) is 2.41. The number of nitrogens with one attached hydrogen (secondary N) is 2. The fourth-order valence-corrected chi connectivity index (χ4v) is 1.74. The number of pyridine rings is 1. The molecule has 1 aromatic carbocycles. The van der Waals surface area contributed by atoms with E-state index in [0.717, 1.165) is 11.9 Å². The van der Waals surface area contributed by atoms with E-state index in [1.165, 1.54) is 12.3 Å². The fraction of sp³-hybridized carbons (Fsp3) is 0.200. The molecule has 1 heterocycles. The zero-order valence-corrected chi connectivity index (χ0v) is 11.1. The molecule has 0 aliphatic carbocycles. The van der Waals surface area contributed by atoms with Gasteiger partial charge in [0.1, 0.15) is 0 Å². The van der Waals surface area contributed by atoms with Gasteiger partial charge in [-0.15, -0.1) is 0 Å². The molecule has 0 unspecified atom stereocenters. The molecule has 1 atom stereocenters. The Balaban J connectivity index is 1.87. The standard InChI is InChI=1S/C15H16FN3O/c1-11(9-18-12-5-3-2-4-6-12)19-15(20)13-7-8-17-10-14(13)16/h2-8,10-11,18H,9H2,1H3,(H,19,20)/t11-/m0/s1. The molecule has 2 aromatic rings. The van der Waals surface area contributed by atoms with E-state index in [2.05, 4.69) is 15.6 Å². The van der Waals surface area contributed by atoms with Gasteiger partial charge in [-0.2, -0.15) is 0 Å². The predicted molar refractivity (Wildman–Crippen MR) is 76.1 cm³/mol. The first-order valence-corrected chi connectivity index (χ1v) is 6.36. The maximum Gasteiger partial charge on any atom is 0.254 e. The fourth-order valence-electron chi connectivity index (χ4n) is 1.74. The van der Waals surface area contributed by atoms with Crippen molar-refractivity contribution in [3.05, 3.63) is 60.2 Å². The quantitative estimate of drug-likeness (QED) is 0.879. The third-order valence-corrected chi connectivity index (χ3v) is 2.78. The first kappa shape index (κ1) is 14.0. The lowest BCUT2D eigenvalue weighted by atomic mass is 10.2. The Hall–Kier alpha value is -2.43. The molecule has 2 rings (SSSR count). The van der Waals surface area contributed by atoms with Crippen LogP contribution >= 0.6 is 0 Å². The molecule has 0 saturated heterocycles. The van der Waals surface area contributed by atoms with Crippen LogP contribution in [0.15, 0.2) is 48.8 Å². The molecule has 0 saturated carbocycles. The lowest BCUT2D eigenvalue weighted by molar-refractivity contribution is 0.0938. The van der Waals surface area contributed by atoms with Crippen molar-refractivity contribution in [3.63, 3.8) is 0 Å². The van der Waals surface area contributed by atoms with E-state index in [-0.39, 0.29) is 11.6 Å². The van der Waals surface area contributed by atoms with Crippen LogP contribution in [0.25, 0.3) is 0 Å². The number of benzene rings is 1. The minimum absolute atomic E-state index is 0.00608. The molecular formula is C15H16FN3O. The SMILES string of the molecule is C[C@@H](CNc1ccccc1)NC(=O)c1ccncc1F.